The molecule has 3 aromatic carbocycles. The summed E-state index contributed by atoms with van der Waals surface area (Å²) in [5.74, 6) is 0.0751. The SMILES string of the molecule is CCOc1cccc(C(=O)Nc2ccccc2C(=O)N[C@@H](C)c2ccccc2)c1. The lowest BCUT2D eigenvalue weighted by Crippen LogP contribution is -2.28. The van der Waals surface area contributed by atoms with Gasteiger partial charge in [0.05, 0.1) is 23.9 Å². The van der Waals surface area contributed by atoms with Gasteiger partial charge in [-0.25, -0.2) is 0 Å². The Kier molecular flexibility index (Phi) is 6.63. The van der Waals surface area contributed by atoms with Gasteiger partial charge in [0.2, 0.25) is 0 Å². The first-order valence-corrected chi connectivity index (χ1v) is 9.57. The fraction of sp³-hybridized carbons (Fsp3) is 0.167. The summed E-state index contributed by atoms with van der Waals surface area (Å²) in [5.41, 5.74) is 2.33. The molecule has 0 heterocycles. The summed E-state index contributed by atoms with van der Waals surface area (Å²) in [6.45, 7) is 4.33. The number of nitrogens with one attached hydrogen (secondary N) is 2. The average molecular weight is 388 g/mol. The smallest absolute Gasteiger partial charge is 0.255 e. The van der Waals surface area contributed by atoms with Crippen LogP contribution in [0.15, 0.2) is 78.9 Å². The third kappa shape index (κ3) is 5.23. The predicted octanol–water partition coefficient (Wildman–Crippen LogP) is 4.83. The molecule has 3 aromatic rings. The number of anilines is 1. The van der Waals surface area contributed by atoms with Crippen LogP contribution in [0.1, 0.15) is 46.2 Å². The number of ether oxygens (including phenoxy) is 1. The highest BCUT2D eigenvalue weighted by molar-refractivity contribution is 6.09. The van der Waals surface area contributed by atoms with E-state index in [-0.39, 0.29) is 17.9 Å². The predicted molar refractivity (Wildman–Crippen MR) is 114 cm³/mol. The van der Waals surface area contributed by atoms with Crippen molar-refractivity contribution >= 4 is 17.5 Å². The lowest BCUT2D eigenvalue weighted by molar-refractivity contribution is 0.0941. The minimum absolute atomic E-state index is 0.157. The molecule has 5 heteroatoms. The highest BCUT2D eigenvalue weighted by Gasteiger charge is 2.16. The quantitative estimate of drug-likeness (QED) is 0.609. The Morgan fingerprint density at radius 1 is 0.897 bits per heavy atom. The Balaban J connectivity index is 1.75. The molecular formula is C24H24N2O3. The number of carbonyl (C=O) groups is 2. The summed E-state index contributed by atoms with van der Waals surface area (Å²) in [6, 6.07) is 23.5. The molecule has 148 valence electrons. The molecule has 0 aliphatic heterocycles. The molecule has 3 rings (SSSR count). The van der Waals surface area contributed by atoms with Crippen molar-refractivity contribution in [3.8, 4) is 5.75 Å². The Morgan fingerprint density at radius 2 is 1.62 bits per heavy atom. The molecule has 0 aromatic heterocycles. The molecule has 2 amide bonds. The number of hydrogen-bond acceptors (Lipinski definition) is 3. The highest BCUT2D eigenvalue weighted by Crippen LogP contribution is 2.20. The zero-order valence-corrected chi connectivity index (χ0v) is 16.5. The lowest BCUT2D eigenvalue weighted by Gasteiger charge is -2.16. The Morgan fingerprint density at radius 3 is 2.38 bits per heavy atom. The minimum Gasteiger partial charge on any atom is -0.494 e. The molecule has 1 atom stereocenters. The van der Waals surface area contributed by atoms with Crippen molar-refractivity contribution in [3.05, 3.63) is 95.6 Å². The first-order valence-electron chi connectivity index (χ1n) is 9.57. The van der Waals surface area contributed by atoms with Crippen LogP contribution < -0.4 is 15.4 Å². The first kappa shape index (κ1) is 20.1. The van der Waals surface area contributed by atoms with Gasteiger partial charge < -0.3 is 15.4 Å². The van der Waals surface area contributed by atoms with Crippen LogP contribution in [-0.4, -0.2) is 18.4 Å². The van der Waals surface area contributed by atoms with E-state index in [1.165, 1.54) is 0 Å². The summed E-state index contributed by atoms with van der Waals surface area (Å²) in [5, 5.41) is 5.82. The van der Waals surface area contributed by atoms with Crippen molar-refractivity contribution in [2.24, 2.45) is 0 Å². The standard InChI is InChI=1S/C24H24N2O3/c1-3-29-20-13-9-12-19(16-20)23(27)26-22-15-8-7-14-21(22)24(28)25-17(2)18-10-5-4-6-11-18/h4-17H,3H2,1-2H3,(H,25,28)(H,26,27)/t17-/m0/s1. The van der Waals surface area contributed by atoms with Crippen LogP contribution in [-0.2, 0) is 0 Å². The van der Waals surface area contributed by atoms with Gasteiger partial charge in [0.15, 0.2) is 0 Å². The van der Waals surface area contributed by atoms with Crippen LogP contribution in [0.2, 0.25) is 0 Å². The van der Waals surface area contributed by atoms with E-state index in [0.29, 0.717) is 29.2 Å². The molecular weight excluding hydrogens is 364 g/mol. The fourth-order valence-electron chi connectivity index (χ4n) is 2.98. The number of hydrogen-bond donors (Lipinski definition) is 2. The maximum Gasteiger partial charge on any atom is 0.255 e. The van der Waals surface area contributed by atoms with Gasteiger partial charge in [-0.1, -0.05) is 48.5 Å². The topological polar surface area (TPSA) is 67.4 Å². The number of amides is 2. The van der Waals surface area contributed by atoms with E-state index in [2.05, 4.69) is 10.6 Å². The molecule has 0 fully saturated rings. The van der Waals surface area contributed by atoms with E-state index in [1.807, 2.05) is 44.2 Å². The monoisotopic (exact) mass is 388 g/mol. The second-order valence-corrected chi connectivity index (χ2v) is 6.57. The fourth-order valence-corrected chi connectivity index (χ4v) is 2.98. The van der Waals surface area contributed by atoms with E-state index < -0.39 is 0 Å². The van der Waals surface area contributed by atoms with Crippen molar-refractivity contribution in [3.63, 3.8) is 0 Å². The number of benzene rings is 3. The third-order valence-corrected chi connectivity index (χ3v) is 4.47. The normalized spacial score (nSPS) is 11.4. The van der Waals surface area contributed by atoms with Crippen molar-refractivity contribution in [1.82, 2.24) is 5.32 Å². The van der Waals surface area contributed by atoms with Crippen molar-refractivity contribution in [1.29, 1.82) is 0 Å². The van der Waals surface area contributed by atoms with Crippen molar-refractivity contribution in [2.45, 2.75) is 19.9 Å². The number of rotatable bonds is 7. The summed E-state index contributed by atoms with van der Waals surface area (Å²) in [6.07, 6.45) is 0. The second-order valence-electron chi connectivity index (χ2n) is 6.57. The van der Waals surface area contributed by atoms with E-state index in [1.54, 1.807) is 48.5 Å². The number of para-hydroxylation sites is 1. The third-order valence-electron chi connectivity index (χ3n) is 4.47. The van der Waals surface area contributed by atoms with Crippen molar-refractivity contribution in [2.75, 3.05) is 11.9 Å². The molecule has 29 heavy (non-hydrogen) atoms. The van der Waals surface area contributed by atoms with Gasteiger partial charge in [0, 0.05) is 5.56 Å². The zero-order chi connectivity index (χ0) is 20.6. The van der Waals surface area contributed by atoms with Crippen LogP contribution in [0.4, 0.5) is 5.69 Å². The summed E-state index contributed by atoms with van der Waals surface area (Å²) in [4.78, 5) is 25.5. The Bertz CT molecular complexity index is 986. The van der Waals surface area contributed by atoms with Crippen LogP contribution in [0.5, 0.6) is 5.75 Å². The molecule has 5 nitrogen and oxygen atoms in total. The van der Waals surface area contributed by atoms with Crippen LogP contribution in [0.3, 0.4) is 0 Å². The maximum atomic E-state index is 12.8. The van der Waals surface area contributed by atoms with Gasteiger partial charge in [-0.3, -0.25) is 9.59 Å². The largest absolute Gasteiger partial charge is 0.494 e. The minimum atomic E-state index is -0.303. The van der Waals surface area contributed by atoms with E-state index in [4.69, 9.17) is 4.74 Å². The summed E-state index contributed by atoms with van der Waals surface area (Å²) < 4.78 is 5.45. The average Bonchev–Trinajstić information content (AvgIpc) is 2.75. The van der Waals surface area contributed by atoms with Crippen LogP contribution >= 0.6 is 0 Å². The van der Waals surface area contributed by atoms with Crippen LogP contribution in [0.25, 0.3) is 0 Å². The van der Waals surface area contributed by atoms with Gasteiger partial charge in [-0.2, -0.15) is 0 Å². The Hall–Kier alpha value is -3.60. The molecule has 0 bridgehead atoms. The van der Waals surface area contributed by atoms with E-state index in [0.717, 1.165) is 5.56 Å². The van der Waals surface area contributed by atoms with Gasteiger partial charge in [-0.05, 0) is 49.7 Å². The van der Waals surface area contributed by atoms with E-state index in [9.17, 15) is 9.59 Å². The van der Waals surface area contributed by atoms with Crippen molar-refractivity contribution < 1.29 is 14.3 Å². The summed E-state index contributed by atoms with van der Waals surface area (Å²) in [7, 11) is 0. The van der Waals surface area contributed by atoms with Gasteiger partial charge >= 0.3 is 0 Å². The Labute approximate surface area is 170 Å². The molecule has 0 saturated carbocycles. The van der Waals surface area contributed by atoms with Gasteiger partial charge in [0.1, 0.15) is 5.75 Å². The molecule has 0 aliphatic carbocycles. The molecule has 0 radical (unpaired) electrons. The first-order chi connectivity index (χ1) is 14.1. The zero-order valence-electron chi connectivity index (χ0n) is 16.5. The number of carbonyl (C=O) groups excluding carboxylic acids is 2. The van der Waals surface area contributed by atoms with Crippen LogP contribution in [0, 0.1) is 0 Å². The van der Waals surface area contributed by atoms with E-state index >= 15 is 0 Å². The highest BCUT2D eigenvalue weighted by atomic mass is 16.5. The second kappa shape index (κ2) is 9.55. The molecule has 2 N–H and O–H groups in total. The molecule has 0 unspecified atom stereocenters. The maximum absolute atomic E-state index is 12.8. The molecule has 0 spiro atoms. The summed E-state index contributed by atoms with van der Waals surface area (Å²) >= 11 is 0. The molecule has 0 aliphatic rings. The van der Waals surface area contributed by atoms with Gasteiger partial charge in [-0.15, -0.1) is 0 Å². The molecule has 0 saturated heterocycles. The van der Waals surface area contributed by atoms with Gasteiger partial charge in [0.25, 0.3) is 11.8 Å². The lowest BCUT2D eigenvalue weighted by atomic mass is 10.1.